The molecule has 0 radical (unpaired) electrons. The first-order chi connectivity index (χ1) is 10.6. The van der Waals surface area contributed by atoms with Crippen molar-refractivity contribution >= 4 is 28.2 Å². The second-order valence-corrected chi connectivity index (χ2v) is 4.83. The Kier molecular flexibility index (Phi) is 5.03. The highest BCUT2D eigenvalue weighted by atomic mass is 16.1. The van der Waals surface area contributed by atoms with Gasteiger partial charge in [0, 0.05) is 29.9 Å². The number of nitrogen functional groups attached to an aromatic ring is 1. The molecule has 1 aromatic heterocycles. The third-order valence-electron chi connectivity index (χ3n) is 3.01. The van der Waals surface area contributed by atoms with Gasteiger partial charge in [0.15, 0.2) is 0 Å². The molecule has 1 amide bonds. The predicted octanol–water partition coefficient (Wildman–Crippen LogP) is 3.17. The Morgan fingerprint density at radius 2 is 1.95 bits per heavy atom. The van der Waals surface area contributed by atoms with Gasteiger partial charge in [-0.2, -0.15) is 0 Å². The van der Waals surface area contributed by atoms with Crippen molar-refractivity contribution < 1.29 is 4.79 Å². The van der Waals surface area contributed by atoms with Crippen molar-refractivity contribution in [1.29, 1.82) is 0 Å². The van der Waals surface area contributed by atoms with Gasteiger partial charge >= 0.3 is 0 Å². The third kappa shape index (κ3) is 4.28. The SMILES string of the molecule is CC(=O)Nc1ccc2ncncc2c1.Cc1ccccc1N. The zero-order valence-corrected chi connectivity index (χ0v) is 12.6. The minimum absolute atomic E-state index is 0.0822. The van der Waals surface area contributed by atoms with Crippen LogP contribution in [0.25, 0.3) is 10.9 Å². The van der Waals surface area contributed by atoms with Crippen LogP contribution < -0.4 is 11.1 Å². The Morgan fingerprint density at radius 3 is 2.59 bits per heavy atom. The Hall–Kier alpha value is -2.95. The van der Waals surface area contributed by atoms with Crippen LogP contribution in [0.2, 0.25) is 0 Å². The van der Waals surface area contributed by atoms with Crippen LogP contribution in [0.15, 0.2) is 55.0 Å². The van der Waals surface area contributed by atoms with E-state index in [1.165, 1.54) is 13.3 Å². The second-order valence-electron chi connectivity index (χ2n) is 4.83. The summed E-state index contributed by atoms with van der Waals surface area (Å²) in [5.74, 6) is -0.0822. The van der Waals surface area contributed by atoms with E-state index >= 15 is 0 Å². The molecule has 0 atom stereocenters. The van der Waals surface area contributed by atoms with E-state index in [-0.39, 0.29) is 5.91 Å². The number of nitrogens with zero attached hydrogens (tertiary/aromatic N) is 2. The highest BCUT2D eigenvalue weighted by molar-refractivity contribution is 5.91. The van der Waals surface area contributed by atoms with Gasteiger partial charge in [-0.25, -0.2) is 9.97 Å². The van der Waals surface area contributed by atoms with Crippen molar-refractivity contribution in [3.05, 3.63) is 60.6 Å². The first-order valence-corrected chi connectivity index (χ1v) is 6.85. The molecule has 3 rings (SSSR count). The summed E-state index contributed by atoms with van der Waals surface area (Å²) in [5.41, 5.74) is 9.17. The molecule has 0 spiro atoms. The van der Waals surface area contributed by atoms with Gasteiger partial charge in [-0.3, -0.25) is 4.79 Å². The zero-order chi connectivity index (χ0) is 15.9. The minimum atomic E-state index is -0.0822. The Labute approximate surface area is 129 Å². The maximum atomic E-state index is 10.8. The molecule has 1 heterocycles. The summed E-state index contributed by atoms with van der Waals surface area (Å²) >= 11 is 0. The fraction of sp³-hybridized carbons (Fsp3) is 0.118. The number of amides is 1. The lowest BCUT2D eigenvalue weighted by atomic mass is 10.2. The number of carbonyl (C=O) groups is 1. The van der Waals surface area contributed by atoms with E-state index in [1.807, 2.05) is 49.4 Å². The summed E-state index contributed by atoms with van der Waals surface area (Å²) in [6, 6.07) is 13.3. The van der Waals surface area contributed by atoms with Crippen LogP contribution in [0.3, 0.4) is 0 Å². The molecule has 5 heteroatoms. The predicted molar refractivity (Wildman–Crippen MR) is 89.4 cm³/mol. The standard InChI is InChI=1S/C10H9N3O.C7H9N/c1-7(14)13-9-2-3-10-8(4-9)5-11-6-12-10;1-6-4-2-3-5-7(6)8/h2-6H,1H3,(H,13,14);2-5H,8H2,1H3. The molecule has 0 aliphatic heterocycles. The Bertz CT molecular complexity index is 765. The van der Waals surface area contributed by atoms with Crippen molar-refractivity contribution in [2.45, 2.75) is 13.8 Å². The molecular formula is C17H18N4O. The van der Waals surface area contributed by atoms with Gasteiger partial charge < -0.3 is 11.1 Å². The van der Waals surface area contributed by atoms with Crippen LogP contribution in [-0.2, 0) is 4.79 Å². The zero-order valence-electron chi connectivity index (χ0n) is 12.6. The molecule has 0 aliphatic carbocycles. The monoisotopic (exact) mass is 294 g/mol. The number of aromatic nitrogens is 2. The number of nitrogens with two attached hydrogens (primary N) is 1. The quantitative estimate of drug-likeness (QED) is 0.675. The fourth-order valence-electron chi connectivity index (χ4n) is 1.85. The second kappa shape index (κ2) is 7.17. The van der Waals surface area contributed by atoms with Crippen molar-refractivity contribution in [2.75, 3.05) is 11.1 Å². The lowest BCUT2D eigenvalue weighted by Gasteiger charge is -2.02. The molecule has 5 nitrogen and oxygen atoms in total. The van der Waals surface area contributed by atoms with Gasteiger partial charge in [-0.1, -0.05) is 18.2 Å². The molecule has 3 N–H and O–H groups in total. The number of hydrogen-bond donors (Lipinski definition) is 2. The molecule has 0 fully saturated rings. The van der Waals surface area contributed by atoms with Crippen LogP contribution in [0.4, 0.5) is 11.4 Å². The van der Waals surface area contributed by atoms with Gasteiger partial charge in [0.1, 0.15) is 6.33 Å². The highest BCUT2D eigenvalue weighted by Crippen LogP contribution is 2.15. The summed E-state index contributed by atoms with van der Waals surface area (Å²) in [6.07, 6.45) is 3.22. The number of anilines is 2. The smallest absolute Gasteiger partial charge is 0.221 e. The van der Waals surface area contributed by atoms with E-state index in [0.29, 0.717) is 0 Å². The van der Waals surface area contributed by atoms with Crippen molar-refractivity contribution in [3.63, 3.8) is 0 Å². The first kappa shape index (κ1) is 15.4. The van der Waals surface area contributed by atoms with Gasteiger partial charge in [0.05, 0.1) is 5.52 Å². The van der Waals surface area contributed by atoms with E-state index < -0.39 is 0 Å². The van der Waals surface area contributed by atoms with E-state index in [2.05, 4.69) is 15.3 Å². The number of aryl methyl sites for hydroxylation is 1. The van der Waals surface area contributed by atoms with Crippen LogP contribution >= 0.6 is 0 Å². The number of nitrogens with one attached hydrogen (secondary N) is 1. The van der Waals surface area contributed by atoms with Gasteiger partial charge in [0.2, 0.25) is 5.91 Å². The van der Waals surface area contributed by atoms with Crippen molar-refractivity contribution in [3.8, 4) is 0 Å². The summed E-state index contributed by atoms with van der Waals surface area (Å²) in [5, 5.41) is 3.62. The molecule has 0 unspecified atom stereocenters. The third-order valence-corrected chi connectivity index (χ3v) is 3.01. The van der Waals surface area contributed by atoms with Gasteiger partial charge in [-0.05, 0) is 36.8 Å². The highest BCUT2D eigenvalue weighted by Gasteiger charge is 1.98. The van der Waals surface area contributed by atoms with Crippen LogP contribution in [0.1, 0.15) is 12.5 Å². The molecule has 2 aromatic carbocycles. The Balaban J connectivity index is 0.000000188. The lowest BCUT2D eigenvalue weighted by Crippen LogP contribution is -2.05. The molecule has 0 bridgehead atoms. The number of benzene rings is 2. The topological polar surface area (TPSA) is 80.9 Å². The van der Waals surface area contributed by atoms with Gasteiger partial charge in [-0.15, -0.1) is 0 Å². The summed E-state index contributed by atoms with van der Waals surface area (Å²) in [4.78, 5) is 18.8. The summed E-state index contributed by atoms with van der Waals surface area (Å²) in [7, 11) is 0. The number of rotatable bonds is 1. The largest absolute Gasteiger partial charge is 0.399 e. The summed E-state index contributed by atoms with van der Waals surface area (Å²) < 4.78 is 0. The molecule has 0 saturated carbocycles. The average Bonchev–Trinajstić information content (AvgIpc) is 2.50. The maximum Gasteiger partial charge on any atom is 0.221 e. The van der Waals surface area contributed by atoms with Crippen LogP contribution in [0.5, 0.6) is 0 Å². The number of hydrogen-bond acceptors (Lipinski definition) is 4. The normalized spacial score (nSPS) is 9.73. The molecule has 112 valence electrons. The van der Waals surface area contributed by atoms with E-state index in [1.54, 1.807) is 6.20 Å². The number of fused-ring (bicyclic) bond motifs is 1. The van der Waals surface area contributed by atoms with Gasteiger partial charge in [0.25, 0.3) is 0 Å². The van der Waals surface area contributed by atoms with E-state index in [9.17, 15) is 4.79 Å². The molecule has 3 aromatic rings. The average molecular weight is 294 g/mol. The number of para-hydroxylation sites is 1. The minimum Gasteiger partial charge on any atom is -0.399 e. The van der Waals surface area contributed by atoms with Crippen molar-refractivity contribution in [1.82, 2.24) is 9.97 Å². The fourth-order valence-corrected chi connectivity index (χ4v) is 1.85. The Morgan fingerprint density at radius 1 is 1.18 bits per heavy atom. The first-order valence-electron chi connectivity index (χ1n) is 6.85. The molecule has 0 aliphatic rings. The van der Waals surface area contributed by atoms with Crippen LogP contribution in [0, 0.1) is 6.92 Å². The molecular weight excluding hydrogens is 276 g/mol. The van der Waals surface area contributed by atoms with E-state index in [0.717, 1.165) is 27.8 Å². The lowest BCUT2D eigenvalue weighted by molar-refractivity contribution is -0.114. The summed E-state index contributed by atoms with van der Waals surface area (Å²) in [6.45, 7) is 3.47. The van der Waals surface area contributed by atoms with E-state index in [4.69, 9.17) is 5.73 Å². The van der Waals surface area contributed by atoms with Crippen LogP contribution in [-0.4, -0.2) is 15.9 Å². The van der Waals surface area contributed by atoms with Crippen molar-refractivity contribution in [2.24, 2.45) is 0 Å². The number of carbonyl (C=O) groups excluding carboxylic acids is 1. The maximum absolute atomic E-state index is 10.8. The molecule has 22 heavy (non-hydrogen) atoms. The molecule has 0 saturated heterocycles.